The van der Waals surface area contributed by atoms with Crippen molar-refractivity contribution >= 4 is 18.0 Å². The molecule has 7 nitrogen and oxygen atoms in total. The Bertz CT molecular complexity index is 617. The lowest BCUT2D eigenvalue weighted by atomic mass is 10.1. The van der Waals surface area contributed by atoms with Gasteiger partial charge in [-0.05, 0) is 27.2 Å². The molecule has 2 aliphatic heterocycles. The van der Waals surface area contributed by atoms with E-state index >= 15 is 0 Å². The minimum absolute atomic E-state index is 0.175. The molecule has 2 fully saturated rings. The predicted molar refractivity (Wildman–Crippen MR) is 126 cm³/mol. The number of fused-ring (bicyclic) bond motifs is 1. The number of hydrogen-bond donors (Lipinski definition) is 0. The zero-order chi connectivity index (χ0) is 23.6. The number of rotatable bonds is 13. The first-order chi connectivity index (χ1) is 15.2. The summed E-state index contributed by atoms with van der Waals surface area (Å²) in [5, 5.41) is 0. The maximum atomic E-state index is 12.8. The minimum Gasteiger partial charge on any atom is -0.444 e. The monoisotopic (exact) mass is 451 g/mol. The Balaban J connectivity index is 1.62. The van der Waals surface area contributed by atoms with Crippen LogP contribution in [0.1, 0.15) is 105 Å². The van der Waals surface area contributed by atoms with Crippen molar-refractivity contribution in [3.8, 4) is 0 Å². The zero-order valence-corrected chi connectivity index (χ0v) is 20.9. The second kappa shape index (κ2) is 13.0. The number of imide groups is 1. The molecule has 0 aromatic heterocycles. The van der Waals surface area contributed by atoms with Gasteiger partial charge in [-0.25, -0.2) is 9.59 Å². The number of hydrogen-bond acceptors (Lipinski definition) is 4. The van der Waals surface area contributed by atoms with E-state index in [1.807, 2.05) is 20.8 Å². The van der Waals surface area contributed by atoms with Gasteiger partial charge in [-0.1, -0.05) is 77.6 Å². The maximum absolute atomic E-state index is 12.8. The van der Waals surface area contributed by atoms with Gasteiger partial charge in [-0.15, -0.1) is 0 Å². The van der Waals surface area contributed by atoms with Gasteiger partial charge in [0.05, 0.1) is 6.54 Å². The number of unbranched alkanes of at least 4 members (excludes halogenated alkanes) is 11. The smallest absolute Gasteiger partial charge is 0.410 e. The summed E-state index contributed by atoms with van der Waals surface area (Å²) in [6.07, 6.45) is 14.6. The molecule has 0 N–H and O–H groups in total. The predicted octanol–water partition coefficient (Wildman–Crippen LogP) is 5.57. The first-order valence-electron chi connectivity index (χ1n) is 12.8. The van der Waals surface area contributed by atoms with Crippen LogP contribution in [0.25, 0.3) is 0 Å². The second-order valence-corrected chi connectivity index (χ2v) is 10.3. The molecule has 0 aliphatic carbocycles. The fourth-order valence-electron chi connectivity index (χ4n) is 4.46. The van der Waals surface area contributed by atoms with Crippen LogP contribution in [-0.2, 0) is 9.53 Å². The minimum atomic E-state index is -0.579. The third-order valence-electron chi connectivity index (χ3n) is 6.30. The average molecular weight is 452 g/mol. The van der Waals surface area contributed by atoms with Gasteiger partial charge < -0.3 is 14.5 Å². The highest BCUT2D eigenvalue weighted by atomic mass is 16.6. The summed E-state index contributed by atoms with van der Waals surface area (Å²) in [4.78, 5) is 42.4. The van der Waals surface area contributed by atoms with Crippen LogP contribution in [0.5, 0.6) is 0 Å². The Morgan fingerprint density at radius 2 is 1.41 bits per heavy atom. The summed E-state index contributed by atoms with van der Waals surface area (Å²) in [7, 11) is 0. The number of urea groups is 1. The van der Waals surface area contributed by atoms with Crippen molar-refractivity contribution in [3.05, 3.63) is 0 Å². The van der Waals surface area contributed by atoms with E-state index in [2.05, 4.69) is 6.92 Å². The summed E-state index contributed by atoms with van der Waals surface area (Å²) in [6, 6.07) is -0.770. The molecule has 7 heteroatoms. The molecule has 0 aromatic rings. The molecular weight excluding hydrogens is 406 g/mol. The number of carbonyl (C=O) groups is 3. The van der Waals surface area contributed by atoms with Crippen LogP contribution in [0.4, 0.5) is 9.59 Å². The van der Waals surface area contributed by atoms with Gasteiger partial charge in [-0.2, -0.15) is 0 Å². The summed E-state index contributed by atoms with van der Waals surface area (Å²) in [5.41, 5.74) is -0.579. The third-order valence-corrected chi connectivity index (χ3v) is 6.30. The fraction of sp³-hybridized carbons (Fsp3) is 0.880. The van der Waals surface area contributed by atoms with E-state index in [-0.39, 0.29) is 18.5 Å². The largest absolute Gasteiger partial charge is 0.444 e. The van der Waals surface area contributed by atoms with Crippen LogP contribution < -0.4 is 0 Å². The van der Waals surface area contributed by atoms with E-state index < -0.39 is 17.7 Å². The van der Waals surface area contributed by atoms with Gasteiger partial charge in [0.2, 0.25) is 0 Å². The molecule has 32 heavy (non-hydrogen) atoms. The lowest BCUT2D eigenvalue weighted by molar-refractivity contribution is -0.129. The van der Waals surface area contributed by atoms with Crippen LogP contribution in [0, 0.1) is 0 Å². The van der Waals surface area contributed by atoms with Crippen LogP contribution in [0.3, 0.4) is 0 Å². The van der Waals surface area contributed by atoms with Crippen molar-refractivity contribution in [2.24, 2.45) is 0 Å². The highest BCUT2D eigenvalue weighted by Gasteiger charge is 2.48. The average Bonchev–Trinajstić information content (AvgIpc) is 2.97. The van der Waals surface area contributed by atoms with Gasteiger partial charge in [0.1, 0.15) is 11.6 Å². The molecule has 4 amide bonds. The van der Waals surface area contributed by atoms with Crippen LogP contribution in [0.15, 0.2) is 0 Å². The Labute approximate surface area is 194 Å². The van der Waals surface area contributed by atoms with E-state index in [1.54, 1.807) is 9.80 Å². The second-order valence-electron chi connectivity index (χ2n) is 10.3. The lowest BCUT2D eigenvalue weighted by Crippen LogP contribution is -2.55. The van der Waals surface area contributed by atoms with Crippen molar-refractivity contribution in [1.82, 2.24) is 14.7 Å². The van der Waals surface area contributed by atoms with Gasteiger partial charge in [0.15, 0.2) is 0 Å². The Hall–Kier alpha value is -1.79. The van der Waals surface area contributed by atoms with Gasteiger partial charge in [-0.3, -0.25) is 9.69 Å². The molecule has 1 unspecified atom stereocenters. The van der Waals surface area contributed by atoms with E-state index in [0.717, 1.165) is 19.3 Å². The van der Waals surface area contributed by atoms with Crippen molar-refractivity contribution in [2.45, 2.75) is 116 Å². The van der Waals surface area contributed by atoms with Gasteiger partial charge >= 0.3 is 12.1 Å². The zero-order valence-electron chi connectivity index (χ0n) is 20.9. The normalized spacial score (nSPS) is 19.0. The van der Waals surface area contributed by atoms with Crippen LogP contribution in [-0.4, -0.2) is 70.6 Å². The number of nitrogens with zero attached hydrogens (tertiary/aromatic N) is 3. The molecule has 0 spiro atoms. The topological polar surface area (TPSA) is 70.2 Å². The Morgan fingerprint density at radius 3 is 1.94 bits per heavy atom. The molecule has 0 bridgehead atoms. The number of ether oxygens (including phenoxy) is 1. The van der Waals surface area contributed by atoms with Crippen molar-refractivity contribution in [3.63, 3.8) is 0 Å². The molecular formula is C25H45N3O4. The summed E-state index contributed by atoms with van der Waals surface area (Å²) >= 11 is 0. The molecule has 184 valence electrons. The van der Waals surface area contributed by atoms with E-state index in [4.69, 9.17) is 4.74 Å². The summed E-state index contributed by atoms with van der Waals surface area (Å²) in [5.74, 6) is -0.175. The first kappa shape index (κ1) is 26.5. The third kappa shape index (κ3) is 8.28. The Kier molecular flexibility index (Phi) is 10.8. The van der Waals surface area contributed by atoms with Crippen molar-refractivity contribution in [2.75, 3.05) is 26.2 Å². The molecule has 0 saturated carbocycles. The standard InChI is InChI=1S/C25H45N3O4/c1-5-6-7-8-9-10-11-12-13-14-15-16-17-28-22(29)21-20-26(18-19-27(21)23(28)30)24(31)32-25(2,3)4/h21H,5-20H2,1-4H3. The van der Waals surface area contributed by atoms with Crippen molar-refractivity contribution < 1.29 is 19.1 Å². The fourth-order valence-corrected chi connectivity index (χ4v) is 4.46. The van der Waals surface area contributed by atoms with Gasteiger partial charge in [0, 0.05) is 19.6 Å². The molecule has 2 saturated heterocycles. The maximum Gasteiger partial charge on any atom is 0.410 e. The molecule has 2 aliphatic rings. The summed E-state index contributed by atoms with van der Waals surface area (Å²) in [6.45, 7) is 9.19. The molecule has 2 rings (SSSR count). The molecule has 0 radical (unpaired) electrons. The van der Waals surface area contributed by atoms with Crippen LogP contribution in [0.2, 0.25) is 0 Å². The van der Waals surface area contributed by atoms with E-state index in [0.29, 0.717) is 19.6 Å². The Morgan fingerprint density at radius 1 is 0.875 bits per heavy atom. The summed E-state index contributed by atoms with van der Waals surface area (Å²) < 4.78 is 5.42. The number of piperazine rings is 1. The van der Waals surface area contributed by atoms with Crippen molar-refractivity contribution in [1.29, 1.82) is 0 Å². The number of amides is 4. The molecule has 0 aromatic carbocycles. The molecule has 2 heterocycles. The van der Waals surface area contributed by atoms with Crippen LogP contribution >= 0.6 is 0 Å². The number of carbonyl (C=O) groups excluding carboxylic acids is 3. The van der Waals surface area contributed by atoms with E-state index in [1.165, 1.54) is 62.7 Å². The SMILES string of the molecule is CCCCCCCCCCCCCCN1C(=O)C2CN(C(=O)OC(C)(C)C)CCN2C1=O. The lowest BCUT2D eigenvalue weighted by Gasteiger charge is -2.36. The first-order valence-corrected chi connectivity index (χ1v) is 12.8. The quantitative estimate of drug-likeness (QED) is 0.271. The highest BCUT2D eigenvalue weighted by Crippen LogP contribution is 2.24. The highest BCUT2D eigenvalue weighted by molar-refractivity contribution is 6.04. The van der Waals surface area contributed by atoms with Gasteiger partial charge in [0.25, 0.3) is 5.91 Å². The van der Waals surface area contributed by atoms with E-state index in [9.17, 15) is 14.4 Å². The molecule has 1 atom stereocenters.